The minimum Gasteiger partial charge on any atom is -0.394 e. The van der Waals surface area contributed by atoms with Gasteiger partial charge >= 0.3 is 0 Å². The van der Waals surface area contributed by atoms with E-state index in [1.54, 1.807) is 0 Å². The molecular weight excluding hydrogens is 296 g/mol. The van der Waals surface area contributed by atoms with E-state index in [0.717, 1.165) is 18.2 Å². The Bertz CT molecular complexity index is 627. The molecule has 19 heavy (non-hydrogen) atoms. The van der Waals surface area contributed by atoms with Crippen LogP contribution in [0.3, 0.4) is 0 Å². The summed E-state index contributed by atoms with van der Waals surface area (Å²) in [6, 6.07) is 3.13. The number of nitrogens with one attached hydrogen (secondary N) is 1. The molecule has 2 N–H and O–H groups in total. The second-order valence-corrected chi connectivity index (χ2v) is 6.47. The smallest absolute Gasteiger partial charge is 0.271 e. The van der Waals surface area contributed by atoms with Gasteiger partial charge in [0.15, 0.2) is 0 Å². The maximum Gasteiger partial charge on any atom is 0.271 e. The van der Waals surface area contributed by atoms with E-state index in [9.17, 15) is 18.5 Å². The Balaban J connectivity index is 2.33. The SMILES string of the molecule is O=[N+]([O-])c1ccc(S(=O)(=O)NC2(CO)CC2)c(Cl)c1. The lowest BCUT2D eigenvalue weighted by Crippen LogP contribution is -2.39. The van der Waals surface area contributed by atoms with Gasteiger partial charge < -0.3 is 5.11 Å². The van der Waals surface area contributed by atoms with Crippen molar-refractivity contribution in [3.8, 4) is 0 Å². The molecule has 1 aromatic rings. The van der Waals surface area contributed by atoms with Gasteiger partial charge in [-0.05, 0) is 18.9 Å². The lowest BCUT2D eigenvalue weighted by molar-refractivity contribution is -0.384. The molecule has 1 saturated carbocycles. The highest BCUT2D eigenvalue weighted by molar-refractivity contribution is 7.89. The van der Waals surface area contributed by atoms with Crippen LogP contribution in [0.1, 0.15) is 12.8 Å². The van der Waals surface area contributed by atoms with Crippen molar-refractivity contribution in [1.29, 1.82) is 0 Å². The first kappa shape index (κ1) is 14.2. The van der Waals surface area contributed by atoms with Crippen LogP contribution in [0, 0.1) is 10.1 Å². The fraction of sp³-hybridized carbons (Fsp3) is 0.400. The van der Waals surface area contributed by atoms with E-state index in [1.165, 1.54) is 0 Å². The van der Waals surface area contributed by atoms with Crippen LogP contribution < -0.4 is 4.72 Å². The zero-order valence-electron chi connectivity index (χ0n) is 9.67. The zero-order chi connectivity index (χ0) is 14.3. The molecule has 0 unspecified atom stereocenters. The highest BCUT2D eigenvalue weighted by Gasteiger charge is 2.45. The first-order valence-corrected chi connectivity index (χ1v) is 7.25. The number of halogens is 1. The molecule has 9 heteroatoms. The number of rotatable bonds is 5. The van der Waals surface area contributed by atoms with E-state index >= 15 is 0 Å². The van der Waals surface area contributed by atoms with Gasteiger partial charge in [-0.15, -0.1) is 0 Å². The number of aliphatic hydroxyl groups excluding tert-OH is 1. The third-order valence-electron chi connectivity index (χ3n) is 2.92. The molecule has 0 bridgehead atoms. The van der Waals surface area contributed by atoms with E-state index in [-0.39, 0.29) is 22.2 Å². The molecule has 104 valence electrons. The van der Waals surface area contributed by atoms with Gasteiger partial charge in [-0.2, -0.15) is 0 Å². The lowest BCUT2D eigenvalue weighted by atomic mass is 10.3. The van der Waals surface area contributed by atoms with Crippen LogP contribution in [0.5, 0.6) is 0 Å². The fourth-order valence-corrected chi connectivity index (χ4v) is 3.60. The number of nitrogens with zero attached hydrogens (tertiary/aromatic N) is 1. The monoisotopic (exact) mass is 306 g/mol. The third-order valence-corrected chi connectivity index (χ3v) is 4.98. The Kier molecular flexibility index (Phi) is 3.52. The van der Waals surface area contributed by atoms with E-state index in [0.29, 0.717) is 12.8 Å². The van der Waals surface area contributed by atoms with Gasteiger partial charge in [-0.1, -0.05) is 11.6 Å². The van der Waals surface area contributed by atoms with Crippen molar-refractivity contribution in [2.24, 2.45) is 0 Å². The van der Waals surface area contributed by atoms with Crippen molar-refractivity contribution < 1.29 is 18.4 Å². The van der Waals surface area contributed by atoms with E-state index in [4.69, 9.17) is 16.7 Å². The minimum atomic E-state index is -3.91. The first-order valence-electron chi connectivity index (χ1n) is 5.38. The molecule has 1 aromatic carbocycles. The summed E-state index contributed by atoms with van der Waals surface area (Å²) in [5.41, 5.74) is -1.10. The maximum atomic E-state index is 12.1. The van der Waals surface area contributed by atoms with Crippen molar-refractivity contribution in [3.05, 3.63) is 33.3 Å². The predicted molar refractivity (Wildman–Crippen MR) is 67.5 cm³/mol. The number of nitro groups is 1. The van der Waals surface area contributed by atoms with Gasteiger partial charge in [-0.25, -0.2) is 13.1 Å². The molecular formula is C10H11ClN2O5S. The van der Waals surface area contributed by atoms with Gasteiger partial charge in [0, 0.05) is 12.1 Å². The number of aliphatic hydroxyl groups is 1. The normalized spacial score (nSPS) is 17.2. The first-order chi connectivity index (χ1) is 8.80. The van der Waals surface area contributed by atoms with E-state index in [2.05, 4.69) is 4.72 Å². The number of non-ortho nitro benzene ring substituents is 1. The van der Waals surface area contributed by atoms with Gasteiger partial charge in [0.2, 0.25) is 10.0 Å². The topological polar surface area (TPSA) is 110 Å². The summed E-state index contributed by atoms with van der Waals surface area (Å²) in [7, 11) is -3.91. The van der Waals surface area contributed by atoms with Gasteiger partial charge in [0.25, 0.3) is 5.69 Å². The van der Waals surface area contributed by atoms with Gasteiger partial charge in [-0.3, -0.25) is 10.1 Å². The minimum absolute atomic E-state index is 0.226. The molecule has 0 saturated heterocycles. The summed E-state index contributed by atoms with van der Waals surface area (Å²) in [5, 5.41) is 19.4. The third kappa shape index (κ3) is 2.86. The average Bonchev–Trinajstić information content (AvgIpc) is 3.08. The van der Waals surface area contributed by atoms with E-state index in [1.807, 2.05) is 0 Å². The molecule has 0 heterocycles. The van der Waals surface area contributed by atoms with Gasteiger partial charge in [0.05, 0.1) is 22.1 Å². The summed E-state index contributed by atoms with van der Waals surface area (Å²) < 4.78 is 26.5. The fourth-order valence-electron chi connectivity index (χ4n) is 1.60. The molecule has 0 atom stereocenters. The van der Waals surface area contributed by atoms with Crippen LogP contribution in [0.4, 0.5) is 5.69 Å². The van der Waals surface area contributed by atoms with Crippen LogP contribution in [0.15, 0.2) is 23.1 Å². The van der Waals surface area contributed by atoms with Crippen molar-refractivity contribution >= 4 is 27.3 Å². The average molecular weight is 307 g/mol. The van der Waals surface area contributed by atoms with Gasteiger partial charge in [0.1, 0.15) is 4.90 Å². The predicted octanol–water partition coefficient (Wildman–Crippen LogP) is 1.05. The molecule has 1 aliphatic rings. The second-order valence-electron chi connectivity index (χ2n) is 4.42. The molecule has 0 amide bonds. The van der Waals surface area contributed by atoms with Crippen molar-refractivity contribution in [2.45, 2.75) is 23.3 Å². The number of hydrogen-bond acceptors (Lipinski definition) is 5. The number of nitro benzene ring substituents is 1. The Hall–Kier alpha value is -1.22. The van der Waals surface area contributed by atoms with Crippen molar-refractivity contribution in [3.63, 3.8) is 0 Å². The molecule has 0 radical (unpaired) electrons. The molecule has 1 fully saturated rings. The molecule has 7 nitrogen and oxygen atoms in total. The summed E-state index contributed by atoms with van der Waals surface area (Å²) in [5.74, 6) is 0. The Labute approximate surface area is 114 Å². The summed E-state index contributed by atoms with van der Waals surface area (Å²) in [6.07, 6.45) is 1.10. The zero-order valence-corrected chi connectivity index (χ0v) is 11.2. The molecule has 0 spiro atoms. The quantitative estimate of drug-likeness (QED) is 0.624. The maximum absolute atomic E-state index is 12.1. The number of hydrogen-bond donors (Lipinski definition) is 2. The Morgan fingerprint density at radius 2 is 2.11 bits per heavy atom. The summed E-state index contributed by atoms with van der Waals surface area (Å²) in [4.78, 5) is 9.65. The molecule has 0 aromatic heterocycles. The number of benzene rings is 1. The van der Waals surface area contributed by atoms with Crippen LogP contribution in [0.25, 0.3) is 0 Å². The van der Waals surface area contributed by atoms with Crippen LogP contribution in [-0.4, -0.2) is 30.6 Å². The van der Waals surface area contributed by atoms with Crippen LogP contribution >= 0.6 is 11.6 Å². The van der Waals surface area contributed by atoms with Crippen LogP contribution in [0.2, 0.25) is 5.02 Å². The summed E-state index contributed by atoms with van der Waals surface area (Å²) in [6.45, 7) is -0.295. The van der Waals surface area contributed by atoms with Crippen LogP contribution in [-0.2, 0) is 10.0 Å². The van der Waals surface area contributed by atoms with E-state index < -0.39 is 20.5 Å². The lowest BCUT2D eigenvalue weighted by Gasteiger charge is -2.15. The van der Waals surface area contributed by atoms with Crippen molar-refractivity contribution in [2.75, 3.05) is 6.61 Å². The molecule has 2 rings (SSSR count). The largest absolute Gasteiger partial charge is 0.394 e. The number of sulfonamides is 1. The standard InChI is InChI=1S/C10H11ClN2O5S/c11-8-5-7(13(15)16)1-2-9(8)19(17,18)12-10(6-14)3-4-10/h1-2,5,12,14H,3-4,6H2. The molecule has 1 aliphatic carbocycles. The Morgan fingerprint density at radius 3 is 2.53 bits per heavy atom. The summed E-state index contributed by atoms with van der Waals surface area (Å²) >= 11 is 5.76. The highest BCUT2D eigenvalue weighted by Crippen LogP contribution is 2.37. The molecule has 0 aliphatic heterocycles. The second kappa shape index (κ2) is 4.71. The van der Waals surface area contributed by atoms with Crippen molar-refractivity contribution in [1.82, 2.24) is 4.72 Å². The highest BCUT2D eigenvalue weighted by atomic mass is 35.5. The Morgan fingerprint density at radius 1 is 1.47 bits per heavy atom.